The van der Waals surface area contributed by atoms with Crippen molar-refractivity contribution in [2.45, 2.75) is 38.0 Å². The van der Waals surface area contributed by atoms with Crippen molar-refractivity contribution in [2.24, 2.45) is 0 Å². The van der Waals surface area contributed by atoms with Crippen LogP contribution in [0, 0.1) is 0 Å². The molecular formula is C11H17N3O. The molecule has 0 bridgehead atoms. The molecule has 0 saturated carbocycles. The predicted molar refractivity (Wildman–Crippen MR) is 56.4 cm³/mol. The second-order valence-electron chi connectivity index (χ2n) is 4.55. The molecule has 2 aliphatic rings. The summed E-state index contributed by atoms with van der Waals surface area (Å²) in [7, 11) is 0. The minimum atomic E-state index is 0.100. The molecule has 4 heteroatoms. The molecule has 2 atom stereocenters. The Morgan fingerprint density at radius 1 is 1.33 bits per heavy atom. The zero-order valence-electron chi connectivity index (χ0n) is 8.84. The minimum absolute atomic E-state index is 0.100. The smallest absolute Gasteiger partial charge is 0.0952 e. The minimum Gasteiger partial charge on any atom is -0.390 e. The summed E-state index contributed by atoms with van der Waals surface area (Å²) in [5, 5.41) is 9.23. The topological polar surface area (TPSA) is 41.3 Å². The van der Waals surface area contributed by atoms with E-state index in [0.717, 1.165) is 5.69 Å². The Balaban J connectivity index is 1.88. The lowest BCUT2D eigenvalue weighted by Gasteiger charge is -2.22. The second-order valence-corrected chi connectivity index (χ2v) is 4.55. The van der Waals surface area contributed by atoms with E-state index in [2.05, 4.69) is 14.5 Å². The highest BCUT2D eigenvalue weighted by Crippen LogP contribution is 2.36. The van der Waals surface area contributed by atoms with E-state index in [1.54, 1.807) is 6.20 Å². The average Bonchev–Trinajstić information content (AvgIpc) is 2.92. The lowest BCUT2D eigenvalue weighted by atomic mass is 10.1. The number of aliphatic hydroxyl groups is 1. The molecule has 2 unspecified atom stereocenters. The first kappa shape index (κ1) is 9.36. The van der Waals surface area contributed by atoms with Gasteiger partial charge in [-0.05, 0) is 25.8 Å². The maximum Gasteiger partial charge on any atom is 0.0952 e. The summed E-state index contributed by atoms with van der Waals surface area (Å²) in [4.78, 5) is 6.71. The first-order valence-electron chi connectivity index (χ1n) is 5.76. The SMILES string of the molecule is OCc1cncn1C1CCN2CCCC12. The molecule has 0 amide bonds. The first-order chi connectivity index (χ1) is 7.40. The van der Waals surface area contributed by atoms with E-state index in [1.165, 1.54) is 32.4 Å². The van der Waals surface area contributed by atoms with Gasteiger partial charge in [0.1, 0.15) is 0 Å². The summed E-state index contributed by atoms with van der Waals surface area (Å²) in [6.45, 7) is 2.56. The van der Waals surface area contributed by atoms with E-state index in [0.29, 0.717) is 12.1 Å². The lowest BCUT2D eigenvalue weighted by molar-refractivity contribution is 0.252. The molecule has 2 aliphatic heterocycles. The van der Waals surface area contributed by atoms with Crippen LogP contribution >= 0.6 is 0 Å². The molecule has 0 aliphatic carbocycles. The number of aromatic nitrogens is 2. The number of hydrogen-bond donors (Lipinski definition) is 1. The Hall–Kier alpha value is -0.870. The summed E-state index contributed by atoms with van der Waals surface area (Å²) < 4.78 is 2.18. The molecule has 1 aromatic rings. The van der Waals surface area contributed by atoms with Crippen molar-refractivity contribution < 1.29 is 5.11 Å². The fourth-order valence-electron chi connectivity index (χ4n) is 3.13. The van der Waals surface area contributed by atoms with Gasteiger partial charge in [-0.3, -0.25) is 4.90 Å². The predicted octanol–water partition coefficient (Wildman–Crippen LogP) is 0.785. The number of nitrogens with zero attached hydrogens (tertiary/aromatic N) is 3. The Morgan fingerprint density at radius 3 is 3.13 bits per heavy atom. The largest absolute Gasteiger partial charge is 0.390 e. The molecule has 0 spiro atoms. The molecule has 3 rings (SSSR count). The van der Waals surface area contributed by atoms with E-state index in [-0.39, 0.29) is 6.61 Å². The van der Waals surface area contributed by atoms with Gasteiger partial charge < -0.3 is 9.67 Å². The van der Waals surface area contributed by atoms with Crippen LogP contribution in [0.4, 0.5) is 0 Å². The van der Waals surface area contributed by atoms with Crippen LogP contribution in [0.5, 0.6) is 0 Å². The van der Waals surface area contributed by atoms with E-state index >= 15 is 0 Å². The van der Waals surface area contributed by atoms with Gasteiger partial charge in [0.15, 0.2) is 0 Å². The number of imidazole rings is 1. The summed E-state index contributed by atoms with van der Waals surface area (Å²) in [6, 6.07) is 1.22. The van der Waals surface area contributed by atoms with Gasteiger partial charge in [-0.1, -0.05) is 0 Å². The van der Waals surface area contributed by atoms with Crippen molar-refractivity contribution >= 4 is 0 Å². The van der Waals surface area contributed by atoms with Gasteiger partial charge in [0, 0.05) is 12.6 Å². The quantitative estimate of drug-likeness (QED) is 0.779. The molecule has 3 heterocycles. The molecule has 2 fully saturated rings. The number of hydrogen-bond acceptors (Lipinski definition) is 3. The molecule has 2 saturated heterocycles. The number of rotatable bonds is 2. The molecular weight excluding hydrogens is 190 g/mol. The van der Waals surface area contributed by atoms with Gasteiger partial charge in [-0.2, -0.15) is 0 Å². The van der Waals surface area contributed by atoms with Gasteiger partial charge in [0.2, 0.25) is 0 Å². The van der Waals surface area contributed by atoms with Gasteiger partial charge in [-0.25, -0.2) is 4.98 Å². The van der Waals surface area contributed by atoms with Crippen molar-refractivity contribution in [3.05, 3.63) is 18.2 Å². The van der Waals surface area contributed by atoms with Gasteiger partial charge in [-0.15, -0.1) is 0 Å². The van der Waals surface area contributed by atoms with Crippen molar-refractivity contribution in [3.63, 3.8) is 0 Å². The molecule has 1 aromatic heterocycles. The zero-order chi connectivity index (χ0) is 10.3. The molecule has 4 nitrogen and oxygen atoms in total. The van der Waals surface area contributed by atoms with Gasteiger partial charge in [0.05, 0.1) is 30.9 Å². The summed E-state index contributed by atoms with van der Waals surface area (Å²) in [6.07, 6.45) is 7.47. The highest BCUT2D eigenvalue weighted by atomic mass is 16.3. The highest BCUT2D eigenvalue weighted by Gasteiger charge is 2.38. The average molecular weight is 207 g/mol. The first-order valence-corrected chi connectivity index (χ1v) is 5.76. The van der Waals surface area contributed by atoms with Gasteiger partial charge in [0.25, 0.3) is 0 Å². The summed E-state index contributed by atoms with van der Waals surface area (Å²) in [5.74, 6) is 0. The number of aliphatic hydroxyl groups excluding tert-OH is 1. The van der Waals surface area contributed by atoms with Crippen LogP contribution in [0.1, 0.15) is 31.0 Å². The normalized spacial score (nSPS) is 31.0. The molecule has 1 N–H and O–H groups in total. The van der Waals surface area contributed by atoms with Crippen molar-refractivity contribution in [1.82, 2.24) is 14.5 Å². The van der Waals surface area contributed by atoms with Crippen LogP contribution < -0.4 is 0 Å². The fourth-order valence-corrected chi connectivity index (χ4v) is 3.13. The lowest BCUT2D eigenvalue weighted by Crippen LogP contribution is -2.28. The Kier molecular flexibility index (Phi) is 2.25. The Morgan fingerprint density at radius 2 is 2.27 bits per heavy atom. The van der Waals surface area contributed by atoms with E-state index in [1.807, 2.05) is 6.33 Å². The zero-order valence-corrected chi connectivity index (χ0v) is 8.84. The van der Waals surface area contributed by atoms with Crippen LogP contribution in [0.15, 0.2) is 12.5 Å². The summed E-state index contributed by atoms with van der Waals surface area (Å²) in [5.41, 5.74) is 0.953. The maximum atomic E-state index is 9.23. The maximum absolute atomic E-state index is 9.23. The van der Waals surface area contributed by atoms with E-state index < -0.39 is 0 Å². The van der Waals surface area contributed by atoms with Crippen LogP contribution in [0.3, 0.4) is 0 Å². The third kappa shape index (κ3) is 1.40. The van der Waals surface area contributed by atoms with Crippen molar-refractivity contribution in [1.29, 1.82) is 0 Å². The van der Waals surface area contributed by atoms with Crippen LogP contribution in [0.25, 0.3) is 0 Å². The fraction of sp³-hybridized carbons (Fsp3) is 0.727. The monoisotopic (exact) mass is 207 g/mol. The molecule has 15 heavy (non-hydrogen) atoms. The van der Waals surface area contributed by atoms with Crippen LogP contribution in [-0.2, 0) is 6.61 Å². The van der Waals surface area contributed by atoms with E-state index in [9.17, 15) is 5.11 Å². The third-order valence-electron chi connectivity index (χ3n) is 3.84. The second kappa shape index (κ2) is 3.61. The van der Waals surface area contributed by atoms with Crippen LogP contribution in [0.2, 0.25) is 0 Å². The molecule has 0 radical (unpaired) electrons. The standard InChI is InChI=1S/C11H17N3O/c15-7-9-6-12-8-14(9)11-3-5-13-4-1-2-10(11)13/h6,8,10-11,15H,1-5,7H2. The molecule has 0 aromatic carbocycles. The highest BCUT2D eigenvalue weighted by molar-refractivity contribution is 5.04. The Bertz CT molecular complexity index is 349. The van der Waals surface area contributed by atoms with Crippen LogP contribution in [-0.4, -0.2) is 38.7 Å². The summed E-state index contributed by atoms with van der Waals surface area (Å²) >= 11 is 0. The van der Waals surface area contributed by atoms with Gasteiger partial charge >= 0.3 is 0 Å². The van der Waals surface area contributed by atoms with E-state index in [4.69, 9.17) is 0 Å². The third-order valence-corrected chi connectivity index (χ3v) is 3.84. The number of fused-ring (bicyclic) bond motifs is 1. The van der Waals surface area contributed by atoms with Crippen molar-refractivity contribution in [2.75, 3.05) is 13.1 Å². The Labute approximate surface area is 89.5 Å². The van der Waals surface area contributed by atoms with Crippen molar-refractivity contribution in [3.8, 4) is 0 Å². The molecule has 82 valence electrons.